The Morgan fingerprint density at radius 1 is 1.62 bits per heavy atom. The third-order valence-corrected chi connectivity index (χ3v) is 1.84. The third-order valence-electron chi connectivity index (χ3n) is 1.84. The quantitative estimate of drug-likeness (QED) is 0.693. The van der Waals surface area contributed by atoms with Crippen molar-refractivity contribution in [1.29, 1.82) is 0 Å². The van der Waals surface area contributed by atoms with Crippen LogP contribution < -0.4 is 10.5 Å². The first kappa shape index (κ1) is 9.61. The Hall–Kier alpha value is -1.48. The number of hydrogen-bond donors (Lipinski definition) is 2. The number of nitrogens with two attached hydrogens (primary N) is 1. The molecule has 70 valence electrons. The summed E-state index contributed by atoms with van der Waals surface area (Å²) in [6, 6.07) is 4.79. The highest BCUT2D eigenvalue weighted by Gasteiger charge is 2.05. The van der Waals surface area contributed by atoms with Gasteiger partial charge in [-0.2, -0.15) is 0 Å². The highest BCUT2D eigenvalue weighted by atomic mass is 16.5. The van der Waals surface area contributed by atoms with Gasteiger partial charge in [0.25, 0.3) is 0 Å². The predicted octanol–water partition coefficient (Wildman–Crippen LogP) is 1.59. The number of phenolic OH excluding ortho intramolecular Hbond substituents is 1. The van der Waals surface area contributed by atoms with Crippen LogP contribution in [0, 0.1) is 0 Å². The summed E-state index contributed by atoms with van der Waals surface area (Å²) in [5.74, 6) is 0.539. The summed E-state index contributed by atoms with van der Waals surface area (Å²) < 4.78 is 4.90. The van der Waals surface area contributed by atoms with Crippen LogP contribution in [0.25, 0.3) is 0 Å². The molecule has 13 heavy (non-hydrogen) atoms. The highest BCUT2D eigenvalue weighted by Crippen LogP contribution is 2.28. The molecular formula is C10H13NO2. The maximum Gasteiger partial charge on any atom is 0.160 e. The minimum atomic E-state index is -0.253. The molecule has 0 aliphatic heterocycles. The lowest BCUT2D eigenvalue weighted by Crippen LogP contribution is -2.06. The SMILES string of the molecule is C=CC(N)c1ccc(OC)c(O)c1. The van der Waals surface area contributed by atoms with Gasteiger partial charge in [-0.25, -0.2) is 0 Å². The molecule has 3 N–H and O–H groups in total. The lowest BCUT2D eigenvalue weighted by molar-refractivity contribution is 0.373. The van der Waals surface area contributed by atoms with E-state index in [1.54, 1.807) is 24.3 Å². The number of methoxy groups -OCH3 is 1. The molecule has 1 rings (SSSR count). The summed E-state index contributed by atoms with van der Waals surface area (Å²) in [7, 11) is 1.50. The van der Waals surface area contributed by atoms with Crippen LogP contribution in [0.15, 0.2) is 30.9 Å². The minimum Gasteiger partial charge on any atom is -0.504 e. The molecule has 0 heterocycles. The summed E-state index contributed by atoms with van der Waals surface area (Å²) in [5, 5.41) is 9.42. The molecule has 0 saturated heterocycles. The lowest BCUT2D eigenvalue weighted by Gasteiger charge is -2.09. The average molecular weight is 179 g/mol. The largest absolute Gasteiger partial charge is 0.504 e. The molecule has 0 spiro atoms. The van der Waals surface area contributed by atoms with Crippen molar-refractivity contribution in [2.75, 3.05) is 7.11 Å². The maximum absolute atomic E-state index is 9.42. The van der Waals surface area contributed by atoms with Crippen molar-refractivity contribution >= 4 is 0 Å². The smallest absolute Gasteiger partial charge is 0.160 e. The van der Waals surface area contributed by atoms with Gasteiger partial charge in [-0.1, -0.05) is 12.1 Å². The monoisotopic (exact) mass is 179 g/mol. The van der Waals surface area contributed by atoms with Crippen LogP contribution in [0.5, 0.6) is 11.5 Å². The van der Waals surface area contributed by atoms with Crippen molar-refractivity contribution in [3.8, 4) is 11.5 Å². The lowest BCUT2D eigenvalue weighted by atomic mass is 10.1. The predicted molar refractivity (Wildman–Crippen MR) is 51.8 cm³/mol. The summed E-state index contributed by atoms with van der Waals surface area (Å²) in [5.41, 5.74) is 6.50. The fraction of sp³-hybridized carbons (Fsp3) is 0.200. The number of aromatic hydroxyl groups is 1. The van der Waals surface area contributed by atoms with E-state index < -0.39 is 0 Å². The molecule has 0 amide bonds. The van der Waals surface area contributed by atoms with E-state index in [4.69, 9.17) is 10.5 Å². The Labute approximate surface area is 77.4 Å². The van der Waals surface area contributed by atoms with E-state index in [2.05, 4.69) is 6.58 Å². The molecular weight excluding hydrogens is 166 g/mol. The van der Waals surface area contributed by atoms with Crippen molar-refractivity contribution in [1.82, 2.24) is 0 Å². The standard InChI is InChI=1S/C10H13NO2/c1-3-8(11)7-4-5-10(13-2)9(12)6-7/h3-6,8,12H,1,11H2,2H3. The Bertz CT molecular complexity index is 310. The van der Waals surface area contributed by atoms with Crippen LogP contribution in [0.1, 0.15) is 11.6 Å². The second-order valence-electron chi connectivity index (χ2n) is 2.69. The van der Waals surface area contributed by atoms with Crippen LogP contribution in [0.2, 0.25) is 0 Å². The molecule has 0 aliphatic carbocycles. The van der Waals surface area contributed by atoms with Crippen LogP contribution in [0.4, 0.5) is 0 Å². The molecule has 3 heteroatoms. The Morgan fingerprint density at radius 2 is 2.31 bits per heavy atom. The van der Waals surface area contributed by atoms with Gasteiger partial charge in [0.05, 0.1) is 7.11 Å². The molecule has 1 aromatic carbocycles. The zero-order chi connectivity index (χ0) is 9.84. The normalized spacial score (nSPS) is 12.2. The van der Waals surface area contributed by atoms with Gasteiger partial charge in [0.2, 0.25) is 0 Å². The molecule has 0 aromatic heterocycles. The summed E-state index contributed by atoms with van der Waals surface area (Å²) in [4.78, 5) is 0. The van der Waals surface area contributed by atoms with Crippen molar-refractivity contribution < 1.29 is 9.84 Å². The molecule has 1 aromatic rings. The number of rotatable bonds is 3. The van der Waals surface area contributed by atoms with Crippen molar-refractivity contribution in [3.05, 3.63) is 36.4 Å². The second kappa shape index (κ2) is 3.96. The maximum atomic E-state index is 9.42. The fourth-order valence-corrected chi connectivity index (χ4v) is 1.05. The highest BCUT2D eigenvalue weighted by molar-refractivity contribution is 5.43. The van der Waals surface area contributed by atoms with Gasteiger partial charge in [0.15, 0.2) is 11.5 Å². The van der Waals surface area contributed by atoms with Crippen LogP contribution >= 0.6 is 0 Å². The van der Waals surface area contributed by atoms with Gasteiger partial charge in [-0.05, 0) is 17.7 Å². The fourth-order valence-electron chi connectivity index (χ4n) is 1.05. The van der Waals surface area contributed by atoms with Gasteiger partial charge in [-0.3, -0.25) is 0 Å². The van der Waals surface area contributed by atoms with Crippen LogP contribution in [0.3, 0.4) is 0 Å². The molecule has 0 radical (unpaired) electrons. The van der Waals surface area contributed by atoms with Gasteiger partial charge in [-0.15, -0.1) is 6.58 Å². The van der Waals surface area contributed by atoms with Gasteiger partial charge < -0.3 is 15.6 Å². The molecule has 1 unspecified atom stereocenters. The van der Waals surface area contributed by atoms with E-state index >= 15 is 0 Å². The first-order chi connectivity index (χ1) is 6.19. The summed E-state index contributed by atoms with van der Waals surface area (Å²) >= 11 is 0. The van der Waals surface area contributed by atoms with Crippen LogP contribution in [-0.2, 0) is 0 Å². The van der Waals surface area contributed by atoms with E-state index in [1.807, 2.05) is 0 Å². The van der Waals surface area contributed by atoms with Crippen molar-refractivity contribution in [3.63, 3.8) is 0 Å². The number of phenols is 1. The van der Waals surface area contributed by atoms with E-state index in [-0.39, 0.29) is 11.8 Å². The van der Waals surface area contributed by atoms with E-state index in [1.165, 1.54) is 7.11 Å². The summed E-state index contributed by atoms with van der Waals surface area (Å²) in [6.07, 6.45) is 1.61. The molecule has 3 nitrogen and oxygen atoms in total. The zero-order valence-electron chi connectivity index (χ0n) is 7.53. The van der Waals surface area contributed by atoms with Crippen molar-refractivity contribution in [2.24, 2.45) is 5.73 Å². The second-order valence-corrected chi connectivity index (χ2v) is 2.69. The molecule has 1 atom stereocenters. The van der Waals surface area contributed by atoms with E-state index in [0.717, 1.165) is 5.56 Å². The summed E-state index contributed by atoms with van der Waals surface area (Å²) in [6.45, 7) is 3.57. The number of hydrogen-bond acceptors (Lipinski definition) is 3. The Morgan fingerprint density at radius 3 is 2.77 bits per heavy atom. The van der Waals surface area contributed by atoms with E-state index in [9.17, 15) is 5.11 Å². The number of benzene rings is 1. The van der Waals surface area contributed by atoms with Gasteiger partial charge >= 0.3 is 0 Å². The average Bonchev–Trinajstić information content (AvgIpc) is 2.16. The van der Waals surface area contributed by atoms with Crippen molar-refractivity contribution in [2.45, 2.75) is 6.04 Å². The molecule has 0 saturated carbocycles. The number of ether oxygens (including phenoxy) is 1. The van der Waals surface area contributed by atoms with Crippen LogP contribution in [-0.4, -0.2) is 12.2 Å². The minimum absolute atomic E-state index is 0.0947. The first-order valence-corrected chi connectivity index (χ1v) is 3.94. The molecule has 0 aliphatic rings. The Balaban J connectivity index is 3.02. The Kier molecular flexibility index (Phi) is 2.93. The zero-order valence-corrected chi connectivity index (χ0v) is 7.53. The first-order valence-electron chi connectivity index (χ1n) is 3.94. The van der Waals surface area contributed by atoms with Gasteiger partial charge in [0.1, 0.15) is 0 Å². The molecule has 0 bridgehead atoms. The third kappa shape index (κ3) is 2.00. The molecule has 0 fully saturated rings. The van der Waals surface area contributed by atoms with E-state index in [0.29, 0.717) is 5.75 Å². The van der Waals surface area contributed by atoms with Gasteiger partial charge in [0, 0.05) is 6.04 Å². The topological polar surface area (TPSA) is 55.5 Å².